The summed E-state index contributed by atoms with van der Waals surface area (Å²) in [6, 6.07) is 0. The summed E-state index contributed by atoms with van der Waals surface area (Å²) < 4.78 is 25.8. The van der Waals surface area contributed by atoms with Gasteiger partial charge in [0, 0.05) is 12.8 Å². The molecule has 0 bridgehead atoms. The third-order valence-electron chi connectivity index (χ3n) is 8.27. The molecule has 0 aromatic heterocycles. The lowest BCUT2D eigenvalue weighted by Crippen LogP contribution is -2.31. The van der Waals surface area contributed by atoms with Crippen molar-refractivity contribution in [3.05, 3.63) is 12.2 Å². The summed E-state index contributed by atoms with van der Waals surface area (Å²) in [5.41, 5.74) is 0. The Hall–Kier alpha value is -1.21. The molecule has 0 heterocycles. The second kappa shape index (κ2) is 33.7. The molecule has 0 unspecified atom stereocenters. The first-order chi connectivity index (χ1) is 22.3. The highest BCUT2D eigenvalue weighted by atomic mass is 31.2. The molecule has 272 valence electrons. The Morgan fingerprint density at radius 3 is 1.35 bits per heavy atom. The fourth-order valence-electron chi connectivity index (χ4n) is 5.42. The summed E-state index contributed by atoms with van der Waals surface area (Å²) >= 11 is 0. The van der Waals surface area contributed by atoms with E-state index in [-0.39, 0.29) is 19.4 Å². The lowest BCUT2D eigenvalue weighted by atomic mass is 10.0. The van der Waals surface area contributed by atoms with E-state index in [9.17, 15) is 23.9 Å². The Kier molecular flexibility index (Phi) is 32.8. The van der Waals surface area contributed by atoms with E-state index < -0.39 is 32.5 Å². The van der Waals surface area contributed by atoms with Crippen molar-refractivity contribution >= 4 is 19.8 Å². The third kappa shape index (κ3) is 35.6. The molecule has 0 aliphatic heterocycles. The molecule has 8 nitrogen and oxygen atoms in total. The first-order valence-electron chi connectivity index (χ1n) is 18.9. The highest BCUT2D eigenvalue weighted by Crippen LogP contribution is 2.25. The number of phosphoric acid groups is 1. The van der Waals surface area contributed by atoms with E-state index in [1.807, 2.05) is 0 Å². The molecular formula is C37H69O8P-2. The molecule has 0 amide bonds. The Bertz CT molecular complexity index is 766. The van der Waals surface area contributed by atoms with E-state index in [1.54, 1.807) is 0 Å². The maximum atomic E-state index is 12.3. The molecule has 0 aliphatic rings. The molecule has 0 saturated heterocycles. The van der Waals surface area contributed by atoms with Crippen molar-refractivity contribution in [2.45, 2.75) is 200 Å². The molecule has 0 saturated carbocycles. The molecule has 9 heteroatoms. The number of unbranched alkanes of at least 4 members (excludes halogenated alkanes) is 23. The van der Waals surface area contributed by atoms with Crippen LogP contribution in [-0.2, 0) is 28.2 Å². The minimum Gasteiger partial charge on any atom is -0.790 e. The zero-order valence-corrected chi connectivity index (χ0v) is 30.6. The molecule has 0 fully saturated rings. The zero-order chi connectivity index (χ0) is 34.0. The summed E-state index contributed by atoms with van der Waals surface area (Å²) in [5.74, 6) is -0.954. The first kappa shape index (κ1) is 44.8. The molecule has 0 rings (SSSR count). The first-order valence-corrected chi connectivity index (χ1v) is 20.4. The van der Waals surface area contributed by atoms with E-state index in [2.05, 4.69) is 30.5 Å². The normalized spacial score (nSPS) is 12.5. The van der Waals surface area contributed by atoms with Gasteiger partial charge in [-0.05, 0) is 38.5 Å². The van der Waals surface area contributed by atoms with Crippen LogP contribution in [0.1, 0.15) is 194 Å². The van der Waals surface area contributed by atoms with Crippen LogP contribution in [-0.4, -0.2) is 31.3 Å². The van der Waals surface area contributed by atoms with Crippen molar-refractivity contribution in [3.8, 4) is 0 Å². The summed E-state index contributed by atoms with van der Waals surface area (Å²) in [7, 11) is -5.24. The van der Waals surface area contributed by atoms with Crippen LogP contribution in [0.2, 0.25) is 0 Å². The van der Waals surface area contributed by atoms with Crippen LogP contribution in [0.4, 0.5) is 0 Å². The van der Waals surface area contributed by atoms with Gasteiger partial charge in [0.25, 0.3) is 0 Å². The Labute approximate surface area is 282 Å². The number of ether oxygens (including phenoxy) is 2. The molecule has 0 N–H and O–H groups in total. The third-order valence-corrected chi connectivity index (χ3v) is 8.74. The maximum Gasteiger partial charge on any atom is 0.306 e. The van der Waals surface area contributed by atoms with Gasteiger partial charge in [-0.15, -0.1) is 0 Å². The van der Waals surface area contributed by atoms with Crippen molar-refractivity contribution in [3.63, 3.8) is 0 Å². The Morgan fingerprint density at radius 1 is 0.543 bits per heavy atom. The van der Waals surface area contributed by atoms with E-state index in [4.69, 9.17) is 9.47 Å². The fraction of sp³-hybridized carbons (Fsp3) is 0.892. The molecule has 46 heavy (non-hydrogen) atoms. The monoisotopic (exact) mass is 672 g/mol. The van der Waals surface area contributed by atoms with E-state index in [0.717, 1.165) is 38.5 Å². The van der Waals surface area contributed by atoms with Crippen LogP contribution in [0.25, 0.3) is 0 Å². The number of rotatable bonds is 35. The molecule has 1 atom stereocenters. The standard InChI is InChI=1S/C37H71O8P/c1-3-5-7-9-11-13-15-17-18-20-22-24-26-28-30-32-37(39)45-35(34-44-46(40,41)42)33-43-36(38)31-29-27-25-23-21-19-16-14-12-10-8-6-4-2/h13,15,35H,3-12,14,16-34H2,1-2H3,(H2,40,41,42)/p-2/b15-13-/t35-/m1/s1. The lowest BCUT2D eigenvalue weighted by molar-refractivity contribution is -0.343. The lowest BCUT2D eigenvalue weighted by Gasteiger charge is -2.30. The van der Waals surface area contributed by atoms with Crippen LogP contribution in [0.3, 0.4) is 0 Å². The van der Waals surface area contributed by atoms with Crippen molar-refractivity contribution in [2.24, 2.45) is 0 Å². The van der Waals surface area contributed by atoms with Gasteiger partial charge in [-0.25, -0.2) is 0 Å². The van der Waals surface area contributed by atoms with E-state index in [1.165, 1.54) is 116 Å². The minimum absolute atomic E-state index is 0.179. The summed E-state index contributed by atoms with van der Waals surface area (Å²) in [5, 5.41) is 0. The predicted octanol–water partition coefficient (Wildman–Crippen LogP) is 9.81. The van der Waals surface area contributed by atoms with Crippen molar-refractivity contribution in [2.75, 3.05) is 13.2 Å². The molecule has 0 aliphatic carbocycles. The van der Waals surface area contributed by atoms with Gasteiger partial charge in [0.2, 0.25) is 0 Å². The average molecular weight is 673 g/mol. The van der Waals surface area contributed by atoms with Gasteiger partial charge >= 0.3 is 11.9 Å². The van der Waals surface area contributed by atoms with E-state index >= 15 is 0 Å². The van der Waals surface area contributed by atoms with Gasteiger partial charge in [0.1, 0.15) is 6.61 Å². The number of phosphoric ester groups is 1. The van der Waals surface area contributed by atoms with Crippen LogP contribution >= 0.6 is 7.82 Å². The number of allylic oxidation sites excluding steroid dienone is 2. The predicted molar refractivity (Wildman–Crippen MR) is 184 cm³/mol. The smallest absolute Gasteiger partial charge is 0.306 e. The van der Waals surface area contributed by atoms with E-state index in [0.29, 0.717) is 12.8 Å². The molecule has 0 aromatic carbocycles. The van der Waals surface area contributed by atoms with Crippen LogP contribution < -0.4 is 9.79 Å². The minimum atomic E-state index is -5.24. The molecule has 0 radical (unpaired) electrons. The summed E-state index contributed by atoms with van der Waals surface area (Å²) in [6.07, 6.45) is 34.6. The van der Waals surface area contributed by atoms with Gasteiger partial charge in [0.15, 0.2) is 6.10 Å². The van der Waals surface area contributed by atoms with Crippen LogP contribution in [0.5, 0.6) is 0 Å². The largest absolute Gasteiger partial charge is 0.790 e. The second-order valence-electron chi connectivity index (χ2n) is 12.9. The number of esters is 2. The number of carbonyl (C=O) groups is 2. The van der Waals surface area contributed by atoms with Gasteiger partial charge in [-0.1, -0.05) is 154 Å². The Balaban J connectivity index is 3.94. The van der Waals surface area contributed by atoms with Gasteiger partial charge < -0.3 is 28.3 Å². The summed E-state index contributed by atoms with van der Waals surface area (Å²) in [4.78, 5) is 46.4. The van der Waals surface area contributed by atoms with Gasteiger partial charge in [-0.2, -0.15) is 0 Å². The topological polar surface area (TPSA) is 125 Å². The Morgan fingerprint density at radius 2 is 0.913 bits per heavy atom. The second-order valence-corrected chi connectivity index (χ2v) is 14.0. The van der Waals surface area contributed by atoms with Crippen molar-refractivity contribution < 1.29 is 37.9 Å². The van der Waals surface area contributed by atoms with Crippen LogP contribution in [0, 0.1) is 0 Å². The maximum absolute atomic E-state index is 12.3. The summed E-state index contributed by atoms with van der Waals surface area (Å²) in [6.45, 7) is 3.48. The molecule has 0 spiro atoms. The van der Waals surface area contributed by atoms with Gasteiger partial charge in [-0.3, -0.25) is 9.59 Å². The van der Waals surface area contributed by atoms with Crippen LogP contribution in [0.15, 0.2) is 12.2 Å². The fourth-order valence-corrected chi connectivity index (χ4v) is 5.77. The van der Waals surface area contributed by atoms with Gasteiger partial charge in [0.05, 0.1) is 14.4 Å². The quantitative estimate of drug-likeness (QED) is 0.0282. The SMILES string of the molecule is CCCCCC/C=C\CCCCCCCCCC(=O)O[C@H](COC(=O)CCCCCCCCCCCCCCC)COP(=O)([O-])[O-]. The zero-order valence-electron chi connectivity index (χ0n) is 29.7. The highest BCUT2D eigenvalue weighted by Gasteiger charge is 2.18. The number of hydrogen-bond donors (Lipinski definition) is 0. The molecule has 0 aromatic rings. The van der Waals surface area contributed by atoms with Crippen molar-refractivity contribution in [1.82, 2.24) is 0 Å². The number of hydrogen-bond acceptors (Lipinski definition) is 8. The number of carbonyl (C=O) groups excluding carboxylic acids is 2. The molecular weight excluding hydrogens is 603 g/mol. The van der Waals surface area contributed by atoms with Crippen molar-refractivity contribution in [1.29, 1.82) is 0 Å². The highest BCUT2D eigenvalue weighted by molar-refractivity contribution is 7.43. The average Bonchev–Trinajstić information content (AvgIpc) is 3.02.